The molecule has 0 bridgehead atoms. The summed E-state index contributed by atoms with van der Waals surface area (Å²) in [6, 6.07) is 3.84. The van der Waals surface area contributed by atoms with Crippen molar-refractivity contribution in [1.82, 2.24) is 19.7 Å². The second kappa shape index (κ2) is 5.95. The van der Waals surface area contributed by atoms with Crippen LogP contribution in [0, 0.1) is 19.8 Å². The summed E-state index contributed by atoms with van der Waals surface area (Å²) in [7, 11) is 1.84. The predicted molar refractivity (Wildman–Crippen MR) is 84.3 cm³/mol. The number of carbonyl (C=O) groups is 2. The number of likely N-dealkylation sites (tertiary alicyclic amines) is 1. The topological polar surface area (TPSA) is 68.1 Å². The number of imide groups is 1. The smallest absolute Gasteiger partial charge is 0.233 e. The Bertz CT molecular complexity index is 766. The third-order valence-corrected chi connectivity index (χ3v) is 4.24. The minimum atomic E-state index is -0.287. The molecule has 6 heteroatoms. The first-order valence-corrected chi connectivity index (χ1v) is 7.69. The van der Waals surface area contributed by atoms with E-state index in [9.17, 15) is 9.59 Å². The molecule has 23 heavy (non-hydrogen) atoms. The van der Waals surface area contributed by atoms with Crippen LogP contribution in [0.1, 0.15) is 28.9 Å². The number of aromatic nitrogens is 3. The van der Waals surface area contributed by atoms with E-state index in [0.29, 0.717) is 13.0 Å². The van der Waals surface area contributed by atoms with Gasteiger partial charge in [-0.3, -0.25) is 24.2 Å². The van der Waals surface area contributed by atoms with Gasteiger partial charge in [0.15, 0.2) is 0 Å². The molecule has 0 aromatic carbocycles. The minimum absolute atomic E-state index is 0.0983. The highest BCUT2D eigenvalue weighted by Gasteiger charge is 2.38. The van der Waals surface area contributed by atoms with Crippen molar-refractivity contribution >= 4 is 11.8 Å². The molecular formula is C17H20N4O2. The molecule has 0 spiro atoms. The number of aryl methyl sites for hydroxylation is 3. The zero-order chi connectivity index (χ0) is 16.6. The summed E-state index contributed by atoms with van der Waals surface area (Å²) in [4.78, 5) is 30.6. The number of hydrogen-bond donors (Lipinski definition) is 0. The predicted octanol–water partition coefficient (Wildman–Crippen LogP) is 1.55. The van der Waals surface area contributed by atoms with Crippen molar-refractivity contribution in [3.63, 3.8) is 0 Å². The summed E-state index contributed by atoms with van der Waals surface area (Å²) in [5.41, 5.74) is 3.69. The normalized spacial score (nSPS) is 18.0. The highest BCUT2D eigenvalue weighted by atomic mass is 16.2. The lowest BCUT2D eigenvalue weighted by Gasteiger charge is -2.16. The number of pyridine rings is 1. The molecule has 1 fully saturated rings. The summed E-state index contributed by atoms with van der Waals surface area (Å²) in [5, 5.41) is 4.11. The van der Waals surface area contributed by atoms with Gasteiger partial charge >= 0.3 is 0 Å². The Kier molecular flexibility index (Phi) is 3.98. The third kappa shape index (κ3) is 3.16. The van der Waals surface area contributed by atoms with Crippen molar-refractivity contribution < 1.29 is 9.59 Å². The quantitative estimate of drug-likeness (QED) is 0.803. The van der Waals surface area contributed by atoms with E-state index in [1.807, 2.05) is 39.2 Å². The van der Waals surface area contributed by atoms with Gasteiger partial charge in [0.1, 0.15) is 0 Å². The van der Waals surface area contributed by atoms with Crippen molar-refractivity contribution in [2.24, 2.45) is 13.0 Å². The zero-order valence-electron chi connectivity index (χ0n) is 13.6. The van der Waals surface area contributed by atoms with Gasteiger partial charge in [-0.05, 0) is 37.5 Å². The Morgan fingerprint density at radius 1 is 1.26 bits per heavy atom. The van der Waals surface area contributed by atoms with E-state index < -0.39 is 0 Å². The number of carbonyl (C=O) groups excluding carboxylic acids is 2. The first-order valence-electron chi connectivity index (χ1n) is 7.69. The van der Waals surface area contributed by atoms with Crippen molar-refractivity contribution in [3.8, 4) is 0 Å². The summed E-state index contributed by atoms with van der Waals surface area (Å²) < 4.78 is 1.70. The van der Waals surface area contributed by atoms with Crippen LogP contribution in [-0.2, 0) is 29.6 Å². The Balaban J connectivity index is 1.73. The number of amides is 2. The molecule has 1 aliphatic rings. The van der Waals surface area contributed by atoms with Crippen molar-refractivity contribution in [2.75, 3.05) is 0 Å². The molecule has 120 valence electrons. The molecule has 3 rings (SSSR count). The van der Waals surface area contributed by atoms with Crippen LogP contribution in [0.2, 0.25) is 0 Å². The Morgan fingerprint density at radius 3 is 2.70 bits per heavy atom. The fourth-order valence-electron chi connectivity index (χ4n) is 2.99. The van der Waals surface area contributed by atoms with Crippen LogP contribution >= 0.6 is 0 Å². The molecule has 0 radical (unpaired) electrons. The Labute approximate surface area is 135 Å². The number of nitrogens with zero attached hydrogens (tertiary/aromatic N) is 4. The fraction of sp³-hybridized carbons (Fsp3) is 0.412. The van der Waals surface area contributed by atoms with Gasteiger partial charge in [-0.15, -0.1) is 0 Å². The molecule has 0 N–H and O–H groups in total. The highest BCUT2D eigenvalue weighted by molar-refractivity contribution is 6.03. The fourth-order valence-corrected chi connectivity index (χ4v) is 2.99. The second-order valence-corrected chi connectivity index (χ2v) is 6.14. The summed E-state index contributed by atoms with van der Waals surface area (Å²) in [6.07, 6.45) is 4.45. The van der Waals surface area contributed by atoms with Gasteiger partial charge < -0.3 is 0 Å². The average molecular weight is 312 g/mol. The van der Waals surface area contributed by atoms with Gasteiger partial charge in [-0.1, -0.05) is 6.07 Å². The first kappa shape index (κ1) is 15.4. The molecule has 1 atom stereocenters. The van der Waals surface area contributed by atoms with Gasteiger partial charge in [0.25, 0.3) is 0 Å². The molecule has 6 nitrogen and oxygen atoms in total. The molecule has 2 aromatic heterocycles. The highest BCUT2D eigenvalue weighted by Crippen LogP contribution is 2.25. The molecule has 1 aliphatic heterocycles. The average Bonchev–Trinajstić information content (AvgIpc) is 3.00. The monoisotopic (exact) mass is 312 g/mol. The maximum Gasteiger partial charge on any atom is 0.233 e. The maximum atomic E-state index is 12.6. The number of hydrogen-bond acceptors (Lipinski definition) is 4. The maximum absolute atomic E-state index is 12.6. The lowest BCUT2D eigenvalue weighted by Crippen LogP contribution is -2.30. The van der Waals surface area contributed by atoms with E-state index in [-0.39, 0.29) is 24.2 Å². The van der Waals surface area contributed by atoms with Crippen LogP contribution in [0.15, 0.2) is 24.5 Å². The summed E-state index contributed by atoms with van der Waals surface area (Å²) >= 11 is 0. The van der Waals surface area contributed by atoms with Crippen LogP contribution in [0.3, 0.4) is 0 Å². The van der Waals surface area contributed by atoms with Crippen LogP contribution in [-0.4, -0.2) is 31.5 Å². The van der Waals surface area contributed by atoms with Crippen LogP contribution in [0.5, 0.6) is 0 Å². The lowest BCUT2D eigenvalue weighted by atomic mass is 10.0. The van der Waals surface area contributed by atoms with Crippen molar-refractivity contribution in [3.05, 3.63) is 47.0 Å². The third-order valence-electron chi connectivity index (χ3n) is 4.24. The van der Waals surface area contributed by atoms with Crippen LogP contribution in [0.25, 0.3) is 0 Å². The van der Waals surface area contributed by atoms with E-state index in [1.54, 1.807) is 10.9 Å². The van der Waals surface area contributed by atoms with E-state index in [0.717, 1.165) is 22.5 Å². The molecule has 1 saturated heterocycles. The molecule has 0 unspecified atom stereocenters. The van der Waals surface area contributed by atoms with Gasteiger partial charge in [0.2, 0.25) is 11.8 Å². The largest absolute Gasteiger partial charge is 0.278 e. The van der Waals surface area contributed by atoms with Crippen LogP contribution < -0.4 is 0 Å². The molecule has 3 heterocycles. The van der Waals surface area contributed by atoms with E-state index >= 15 is 0 Å². The molecule has 0 saturated carbocycles. The first-order chi connectivity index (χ1) is 10.9. The van der Waals surface area contributed by atoms with Gasteiger partial charge in [-0.25, -0.2) is 0 Å². The zero-order valence-corrected chi connectivity index (χ0v) is 13.6. The van der Waals surface area contributed by atoms with E-state index in [1.165, 1.54) is 4.90 Å². The summed E-state index contributed by atoms with van der Waals surface area (Å²) in [6.45, 7) is 4.13. The Morgan fingerprint density at radius 2 is 2.04 bits per heavy atom. The van der Waals surface area contributed by atoms with Gasteiger partial charge in [-0.2, -0.15) is 5.10 Å². The van der Waals surface area contributed by atoms with Crippen molar-refractivity contribution in [2.45, 2.75) is 33.2 Å². The summed E-state index contributed by atoms with van der Waals surface area (Å²) in [5.74, 6) is -0.492. The molecule has 2 amide bonds. The van der Waals surface area contributed by atoms with E-state index in [4.69, 9.17) is 0 Å². The van der Waals surface area contributed by atoms with Gasteiger partial charge in [0.05, 0.1) is 18.7 Å². The van der Waals surface area contributed by atoms with E-state index in [2.05, 4.69) is 10.1 Å². The standard InChI is InChI=1S/C17H20N4O2/c1-11-4-5-14(12(2)19-11)10-21-16(22)7-15(17(21)23)6-13-8-18-20(3)9-13/h4-5,8-9,15H,6-7,10H2,1-3H3/t15-/m0/s1. The SMILES string of the molecule is Cc1ccc(CN2C(=O)C[C@H](Cc3cnn(C)c3)C2=O)c(C)n1. The Hall–Kier alpha value is -2.50. The number of rotatable bonds is 4. The van der Waals surface area contributed by atoms with Gasteiger partial charge in [0, 0.05) is 31.1 Å². The minimum Gasteiger partial charge on any atom is -0.278 e. The lowest BCUT2D eigenvalue weighted by molar-refractivity contribution is -0.140. The molecule has 0 aliphatic carbocycles. The molecule has 2 aromatic rings. The van der Waals surface area contributed by atoms with Crippen molar-refractivity contribution in [1.29, 1.82) is 0 Å². The van der Waals surface area contributed by atoms with Crippen LogP contribution in [0.4, 0.5) is 0 Å². The molecular weight excluding hydrogens is 292 g/mol. The second-order valence-electron chi connectivity index (χ2n) is 6.14.